The fourth-order valence-electron chi connectivity index (χ4n) is 3.51. The molecule has 2 aromatic rings. The number of carbonyl (C=O) groups is 1. The van der Waals surface area contributed by atoms with Gasteiger partial charge in [-0.25, -0.2) is 0 Å². The van der Waals surface area contributed by atoms with Gasteiger partial charge < -0.3 is 10.6 Å². The Bertz CT molecular complexity index is 675. The molecule has 0 unspecified atom stereocenters. The van der Waals surface area contributed by atoms with Crippen LogP contribution in [0.2, 0.25) is 0 Å². The van der Waals surface area contributed by atoms with E-state index in [1.807, 2.05) is 32.3 Å². The Hall–Kier alpha value is -1.87. The average Bonchev–Trinajstić information content (AvgIpc) is 2.54. The van der Waals surface area contributed by atoms with Crippen molar-refractivity contribution in [3.8, 4) is 0 Å². The van der Waals surface area contributed by atoms with Gasteiger partial charge in [-0.1, -0.05) is 62.7 Å². The molecule has 0 saturated heterocycles. The van der Waals surface area contributed by atoms with Gasteiger partial charge in [0, 0.05) is 0 Å². The van der Waals surface area contributed by atoms with Crippen molar-refractivity contribution in [2.45, 2.75) is 32.1 Å². The minimum absolute atomic E-state index is 0.186. The first-order valence-corrected chi connectivity index (χ1v) is 8.36. The molecule has 0 bridgehead atoms. The number of carbonyl (C=O) groups excluding carboxylic acids is 1. The van der Waals surface area contributed by atoms with Crippen LogP contribution >= 0.6 is 0 Å². The van der Waals surface area contributed by atoms with Crippen LogP contribution in [-0.4, -0.2) is 31.4 Å². The maximum Gasteiger partial charge on any atom is 0.228 e. The zero-order valence-electron chi connectivity index (χ0n) is 14.7. The Morgan fingerprint density at radius 3 is 2.43 bits per heavy atom. The summed E-state index contributed by atoms with van der Waals surface area (Å²) >= 11 is 0. The highest BCUT2D eigenvalue weighted by atomic mass is 16.1. The number of rotatable bonds is 7. The van der Waals surface area contributed by atoms with Gasteiger partial charge >= 0.3 is 0 Å². The van der Waals surface area contributed by atoms with Crippen molar-refractivity contribution in [1.29, 1.82) is 0 Å². The van der Waals surface area contributed by atoms with Crippen LogP contribution in [0.4, 0.5) is 0 Å². The molecule has 0 saturated carbocycles. The first-order chi connectivity index (χ1) is 10.9. The second kappa shape index (κ2) is 7.14. The van der Waals surface area contributed by atoms with Crippen LogP contribution in [0.25, 0.3) is 10.8 Å². The molecule has 0 aromatic heterocycles. The van der Waals surface area contributed by atoms with E-state index in [0.29, 0.717) is 0 Å². The number of amides is 1. The SMILES string of the molecule is CC[C@@H](C)[C@@](CCN(C)C)(C(N)=O)c1cccc2ccccc12. The molecule has 2 aromatic carbocycles. The van der Waals surface area contributed by atoms with Crippen molar-refractivity contribution in [3.05, 3.63) is 48.0 Å². The summed E-state index contributed by atoms with van der Waals surface area (Å²) in [5.41, 5.74) is 6.43. The Morgan fingerprint density at radius 1 is 1.17 bits per heavy atom. The van der Waals surface area contributed by atoms with E-state index in [2.05, 4.69) is 43.0 Å². The van der Waals surface area contributed by atoms with E-state index in [4.69, 9.17) is 5.73 Å². The number of hydrogen-bond acceptors (Lipinski definition) is 2. The molecule has 3 nitrogen and oxygen atoms in total. The smallest absolute Gasteiger partial charge is 0.228 e. The van der Waals surface area contributed by atoms with Gasteiger partial charge in [0.1, 0.15) is 0 Å². The summed E-state index contributed by atoms with van der Waals surface area (Å²) in [6.07, 6.45) is 1.65. The number of hydrogen-bond donors (Lipinski definition) is 1. The highest BCUT2D eigenvalue weighted by Gasteiger charge is 2.43. The summed E-state index contributed by atoms with van der Waals surface area (Å²) in [7, 11) is 4.07. The molecule has 0 aliphatic carbocycles. The molecule has 124 valence electrons. The number of primary amides is 1. The molecular formula is C20H28N2O. The molecule has 23 heavy (non-hydrogen) atoms. The van der Waals surface area contributed by atoms with Crippen molar-refractivity contribution in [3.63, 3.8) is 0 Å². The average molecular weight is 312 g/mol. The van der Waals surface area contributed by atoms with Crippen LogP contribution in [0.15, 0.2) is 42.5 Å². The fraction of sp³-hybridized carbons (Fsp3) is 0.450. The van der Waals surface area contributed by atoms with E-state index in [1.54, 1.807) is 0 Å². The van der Waals surface area contributed by atoms with E-state index in [-0.39, 0.29) is 11.8 Å². The zero-order chi connectivity index (χ0) is 17.0. The number of fused-ring (bicyclic) bond motifs is 1. The van der Waals surface area contributed by atoms with Crippen LogP contribution in [-0.2, 0) is 10.2 Å². The Morgan fingerprint density at radius 2 is 1.83 bits per heavy atom. The maximum atomic E-state index is 12.7. The number of nitrogens with zero attached hydrogens (tertiary/aromatic N) is 1. The van der Waals surface area contributed by atoms with Gasteiger partial charge in [0.05, 0.1) is 5.41 Å². The van der Waals surface area contributed by atoms with Crippen molar-refractivity contribution in [2.24, 2.45) is 11.7 Å². The Balaban J connectivity index is 2.70. The van der Waals surface area contributed by atoms with Crippen molar-refractivity contribution >= 4 is 16.7 Å². The normalized spacial score (nSPS) is 15.5. The largest absolute Gasteiger partial charge is 0.369 e. The molecule has 0 aliphatic rings. The van der Waals surface area contributed by atoms with Crippen LogP contribution in [0.5, 0.6) is 0 Å². The summed E-state index contributed by atoms with van der Waals surface area (Å²) in [4.78, 5) is 14.8. The predicted octanol–water partition coefficient (Wildman–Crippen LogP) is 3.56. The third-order valence-corrected chi connectivity index (χ3v) is 5.12. The molecule has 1 amide bonds. The first kappa shape index (κ1) is 17.5. The van der Waals surface area contributed by atoms with E-state index in [1.165, 1.54) is 0 Å². The van der Waals surface area contributed by atoms with E-state index in [9.17, 15) is 4.79 Å². The van der Waals surface area contributed by atoms with Crippen molar-refractivity contribution < 1.29 is 4.79 Å². The van der Waals surface area contributed by atoms with E-state index in [0.717, 1.165) is 35.7 Å². The van der Waals surface area contributed by atoms with Crippen LogP contribution in [0.3, 0.4) is 0 Å². The predicted molar refractivity (Wildman–Crippen MR) is 97.4 cm³/mol. The zero-order valence-corrected chi connectivity index (χ0v) is 14.7. The summed E-state index contributed by atoms with van der Waals surface area (Å²) < 4.78 is 0. The lowest BCUT2D eigenvalue weighted by Crippen LogP contribution is -2.48. The molecule has 0 spiro atoms. The Kier molecular flexibility index (Phi) is 5.42. The lowest BCUT2D eigenvalue weighted by Gasteiger charge is -2.38. The molecule has 2 N–H and O–H groups in total. The van der Waals surface area contributed by atoms with E-state index >= 15 is 0 Å². The van der Waals surface area contributed by atoms with Gasteiger partial charge in [0.15, 0.2) is 0 Å². The van der Waals surface area contributed by atoms with Gasteiger partial charge in [-0.05, 0) is 49.3 Å². The van der Waals surface area contributed by atoms with Gasteiger partial charge in [0.25, 0.3) is 0 Å². The number of benzene rings is 2. The molecule has 2 atom stereocenters. The second-order valence-electron chi connectivity index (χ2n) is 6.72. The first-order valence-electron chi connectivity index (χ1n) is 8.36. The van der Waals surface area contributed by atoms with Crippen molar-refractivity contribution in [1.82, 2.24) is 4.90 Å². The molecular weight excluding hydrogens is 284 g/mol. The van der Waals surface area contributed by atoms with Crippen LogP contribution in [0, 0.1) is 5.92 Å². The third-order valence-electron chi connectivity index (χ3n) is 5.12. The van der Waals surface area contributed by atoms with Gasteiger partial charge in [-0.2, -0.15) is 0 Å². The highest BCUT2D eigenvalue weighted by Crippen LogP contribution is 2.41. The molecule has 0 fully saturated rings. The lowest BCUT2D eigenvalue weighted by atomic mass is 9.66. The summed E-state index contributed by atoms with van der Waals surface area (Å²) in [5, 5.41) is 2.29. The lowest BCUT2D eigenvalue weighted by molar-refractivity contribution is -0.125. The number of nitrogens with two attached hydrogens (primary N) is 1. The third kappa shape index (κ3) is 3.25. The van der Waals surface area contributed by atoms with Gasteiger partial charge in [-0.3, -0.25) is 4.79 Å². The maximum absolute atomic E-state index is 12.7. The molecule has 0 radical (unpaired) electrons. The fourth-order valence-corrected chi connectivity index (χ4v) is 3.51. The van der Waals surface area contributed by atoms with Gasteiger partial charge in [0.2, 0.25) is 5.91 Å². The van der Waals surface area contributed by atoms with Crippen LogP contribution in [0.1, 0.15) is 32.3 Å². The molecule has 3 heteroatoms. The summed E-state index contributed by atoms with van der Waals surface area (Å²) in [6.45, 7) is 5.10. The molecule has 0 heterocycles. The van der Waals surface area contributed by atoms with Crippen molar-refractivity contribution in [2.75, 3.05) is 20.6 Å². The van der Waals surface area contributed by atoms with Crippen LogP contribution < -0.4 is 5.73 Å². The quantitative estimate of drug-likeness (QED) is 0.849. The second-order valence-corrected chi connectivity index (χ2v) is 6.72. The standard InChI is InChI=1S/C20H28N2O/c1-5-15(2)20(19(21)23,13-14-22(3)4)18-12-8-10-16-9-6-7-11-17(16)18/h6-12,15H,5,13-14H2,1-4H3,(H2,21,23)/t15-,20-/m1/s1. The Labute approximate surface area is 139 Å². The van der Waals surface area contributed by atoms with E-state index < -0.39 is 5.41 Å². The highest BCUT2D eigenvalue weighted by molar-refractivity contribution is 5.95. The molecule has 2 rings (SSSR count). The molecule has 0 aliphatic heterocycles. The summed E-state index contributed by atoms with van der Waals surface area (Å²) in [6, 6.07) is 14.4. The summed E-state index contributed by atoms with van der Waals surface area (Å²) in [5.74, 6) is -0.0317. The minimum atomic E-state index is -0.639. The minimum Gasteiger partial charge on any atom is -0.369 e. The topological polar surface area (TPSA) is 46.3 Å². The van der Waals surface area contributed by atoms with Gasteiger partial charge in [-0.15, -0.1) is 0 Å². The monoisotopic (exact) mass is 312 g/mol.